The molecule has 7 N–H and O–H groups in total. The Balaban J connectivity index is 2.59. The standard InChI is InChI=1S/C8H20B2N6O4/c1-9(19)14-12-6(17)5-15(4-3-11)8-7(18)13-16(8)10(2)20/h8,14,19-20H,3-5,11H2,1-2H3,(H,12,17)(H,13,18). The summed E-state index contributed by atoms with van der Waals surface area (Å²) in [6.07, 6.45) is -0.740. The number of amides is 2. The van der Waals surface area contributed by atoms with Crippen molar-refractivity contribution in [1.29, 1.82) is 0 Å². The molecular formula is C8H20B2N6O4. The number of carbonyl (C=O) groups is 2. The van der Waals surface area contributed by atoms with E-state index in [9.17, 15) is 14.6 Å². The van der Waals surface area contributed by atoms with Crippen molar-refractivity contribution in [1.82, 2.24) is 26.0 Å². The Labute approximate surface area is 117 Å². The topological polar surface area (TPSA) is 143 Å². The van der Waals surface area contributed by atoms with Crippen molar-refractivity contribution in [3.8, 4) is 0 Å². The third-order valence-electron chi connectivity index (χ3n) is 2.67. The lowest BCUT2D eigenvalue weighted by molar-refractivity contribution is -0.155. The third-order valence-corrected chi connectivity index (χ3v) is 2.67. The molecule has 0 spiro atoms. The second kappa shape index (κ2) is 7.57. The Hall–Kier alpha value is -1.17. The fourth-order valence-electron chi connectivity index (χ4n) is 1.81. The summed E-state index contributed by atoms with van der Waals surface area (Å²) >= 11 is 0. The van der Waals surface area contributed by atoms with Crippen LogP contribution < -0.4 is 21.9 Å². The van der Waals surface area contributed by atoms with Gasteiger partial charge in [-0.05, 0) is 13.6 Å². The number of hydrogen-bond donors (Lipinski definition) is 6. The lowest BCUT2D eigenvalue weighted by Gasteiger charge is -2.46. The van der Waals surface area contributed by atoms with E-state index in [1.807, 2.05) is 0 Å². The molecule has 1 heterocycles. The Bertz CT molecular complexity index is 358. The van der Waals surface area contributed by atoms with Crippen LogP contribution in [0, 0.1) is 0 Å². The first-order valence-corrected chi connectivity index (χ1v) is 6.30. The SMILES string of the molecule is CB(O)NNC(=O)CN(CCN)C1C(=O)NN1B(C)O. The number of rotatable bonds is 8. The van der Waals surface area contributed by atoms with Crippen molar-refractivity contribution in [2.45, 2.75) is 19.8 Å². The van der Waals surface area contributed by atoms with Gasteiger partial charge in [0.1, 0.15) is 0 Å². The van der Waals surface area contributed by atoms with Gasteiger partial charge in [-0.2, -0.15) is 0 Å². The normalized spacial score (nSPS) is 18.5. The summed E-state index contributed by atoms with van der Waals surface area (Å²) in [5, 5.41) is 20.8. The number of hydrogen-bond acceptors (Lipinski definition) is 8. The molecule has 0 aromatic rings. The van der Waals surface area contributed by atoms with Crippen molar-refractivity contribution < 1.29 is 19.6 Å². The van der Waals surface area contributed by atoms with E-state index in [-0.39, 0.29) is 19.0 Å². The lowest BCUT2D eigenvalue weighted by atomic mass is 9.84. The quantitative estimate of drug-likeness (QED) is 0.194. The summed E-state index contributed by atoms with van der Waals surface area (Å²) in [5.41, 5.74) is 10.2. The van der Waals surface area contributed by atoms with Gasteiger partial charge < -0.3 is 15.8 Å². The van der Waals surface area contributed by atoms with E-state index in [0.717, 1.165) is 0 Å². The molecule has 2 amide bonds. The summed E-state index contributed by atoms with van der Waals surface area (Å²) < 4.78 is 0. The molecule has 1 fully saturated rings. The van der Waals surface area contributed by atoms with Crippen LogP contribution in [0.2, 0.25) is 13.6 Å². The van der Waals surface area contributed by atoms with Crippen molar-refractivity contribution in [3.63, 3.8) is 0 Å². The highest BCUT2D eigenvalue weighted by molar-refractivity contribution is 6.46. The number of hydrazine groups is 2. The Morgan fingerprint density at radius 1 is 1.55 bits per heavy atom. The van der Waals surface area contributed by atoms with Gasteiger partial charge in [-0.3, -0.25) is 25.3 Å². The van der Waals surface area contributed by atoms with Crippen molar-refractivity contribution in [2.24, 2.45) is 5.73 Å². The van der Waals surface area contributed by atoms with Crippen LogP contribution in [0.1, 0.15) is 0 Å². The number of nitrogens with zero attached hydrogens (tertiary/aromatic N) is 2. The van der Waals surface area contributed by atoms with Gasteiger partial charge in [0.05, 0.1) is 6.54 Å². The number of nitrogens with one attached hydrogen (secondary N) is 3. The first-order valence-electron chi connectivity index (χ1n) is 6.30. The van der Waals surface area contributed by atoms with Crippen LogP contribution in [0.3, 0.4) is 0 Å². The molecule has 0 aromatic heterocycles. The maximum atomic E-state index is 11.7. The molecule has 0 aliphatic carbocycles. The molecule has 0 saturated carbocycles. The molecule has 1 aliphatic rings. The summed E-state index contributed by atoms with van der Waals surface area (Å²) in [6, 6.07) is 0. The lowest BCUT2D eigenvalue weighted by Crippen LogP contribution is -2.76. The monoisotopic (exact) mass is 286 g/mol. The van der Waals surface area contributed by atoms with Crippen molar-refractivity contribution in [2.75, 3.05) is 19.6 Å². The van der Waals surface area contributed by atoms with E-state index in [0.29, 0.717) is 6.54 Å². The van der Waals surface area contributed by atoms with Crippen LogP contribution >= 0.6 is 0 Å². The summed E-state index contributed by atoms with van der Waals surface area (Å²) in [6.45, 7) is 3.42. The van der Waals surface area contributed by atoms with Gasteiger partial charge in [-0.15, -0.1) is 0 Å². The van der Waals surface area contributed by atoms with E-state index >= 15 is 0 Å². The van der Waals surface area contributed by atoms with E-state index in [1.165, 1.54) is 23.5 Å². The first kappa shape index (κ1) is 16.9. The van der Waals surface area contributed by atoms with E-state index in [1.54, 1.807) is 0 Å². The summed E-state index contributed by atoms with van der Waals surface area (Å²) in [7, 11) is -1.76. The second-order valence-corrected chi connectivity index (χ2v) is 4.52. The maximum absolute atomic E-state index is 11.7. The van der Waals surface area contributed by atoms with Crippen LogP contribution in [-0.4, -0.2) is 71.6 Å². The van der Waals surface area contributed by atoms with E-state index in [2.05, 4.69) is 16.2 Å². The Morgan fingerprint density at radius 3 is 2.65 bits per heavy atom. The Kier molecular flexibility index (Phi) is 6.39. The molecule has 1 unspecified atom stereocenters. The fourth-order valence-corrected chi connectivity index (χ4v) is 1.81. The van der Waals surface area contributed by atoms with Crippen LogP contribution in [0.15, 0.2) is 0 Å². The van der Waals surface area contributed by atoms with E-state index < -0.39 is 26.2 Å². The van der Waals surface area contributed by atoms with Gasteiger partial charge in [0.25, 0.3) is 5.91 Å². The predicted octanol–water partition coefficient (Wildman–Crippen LogP) is -4.24. The minimum Gasteiger partial charge on any atom is -0.436 e. The van der Waals surface area contributed by atoms with Crippen LogP contribution in [0.5, 0.6) is 0 Å². The summed E-state index contributed by atoms with van der Waals surface area (Å²) in [5.74, 6) is -0.736. The zero-order chi connectivity index (χ0) is 15.3. The zero-order valence-corrected chi connectivity index (χ0v) is 11.5. The molecule has 0 aromatic carbocycles. The average molecular weight is 286 g/mol. The minimum atomic E-state index is -0.886. The van der Waals surface area contributed by atoms with Gasteiger partial charge in [-0.25, -0.2) is 10.3 Å². The summed E-state index contributed by atoms with van der Waals surface area (Å²) in [4.78, 5) is 26.1. The van der Waals surface area contributed by atoms with Crippen molar-refractivity contribution >= 4 is 25.9 Å². The average Bonchev–Trinajstić information content (AvgIpc) is 2.33. The molecule has 10 nitrogen and oxygen atoms in total. The number of nitrogens with two attached hydrogens (primary N) is 1. The molecule has 1 saturated heterocycles. The highest BCUT2D eigenvalue weighted by Gasteiger charge is 2.45. The minimum absolute atomic E-state index is 0.0990. The maximum Gasteiger partial charge on any atom is 0.397 e. The van der Waals surface area contributed by atoms with Crippen molar-refractivity contribution in [3.05, 3.63) is 0 Å². The zero-order valence-electron chi connectivity index (χ0n) is 11.5. The van der Waals surface area contributed by atoms with Crippen LogP contribution in [-0.2, 0) is 9.59 Å². The Morgan fingerprint density at radius 2 is 2.20 bits per heavy atom. The largest absolute Gasteiger partial charge is 0.436 e. The molecule has 1 aliphatic heterocycles. The smallest absolute Gasteiger partial charge is 0.397 e. The second-order valence-electron chi connectivity index (χ2n) is 4.52. The molecule has 0 radical (unpaired) electrons. The molecular weight excluding hydrogens is 266 g/mol. The van der Waals surface area contributed by atoms with Gasteiger partial charge in [0.2, 0.25) is 5.91 Å². The molecule has 112 valence electrons. The molecule has 1 rings (SSSR count). The van der Waals surface area contributed by atoms with Gasteiger partial charge in [0, 0.05) is 13.1 Å². The first-order chi connectivity index (χ1) is 9.36. The predicted molar refractivity (Wildman–Crippen MR) is 73.3 cm³/mol. The molecule has 20 heavy (non-hydrogen) atoms. The van der Waals surface area contributed by atoms with E-state index in [4.69, 9.17) is 10.8 Å². The highest BCUT2D eigenvalue weighted by Crippen LogP contribution is 2.13. The molecule has 1 atom stereocenters. The third kappa shape index (κ3) is 4.44. The fraction of sp³-hybridized carbons (Fsp3) is 0.750. The van der Waals surface area contributed by atoms with Crippen LogP contribution in [0.4, 0.5) is 0 Å². The van der Waals surface area contributed by atoms with Gasteiger partial charge in [-0.1, -0.05) is 0 Å². The van der Waals surface area contributed by atoms with Crippen LogP contribution in [0.25, 0.3) is 0 Å². The molecule has 0 bridgehead atoms. The number of carbonyl (C=O) groups excluding carboxylic acids is 2. The van der Waals surface area contributed by atoms with Gasteiger partial charge in [0.15, 0.2) is 6.17 Å². The van der Waals surface area contributed by atoms with Gasteiger partial charge >= 0.3 is 14.1 Å². The molecule has 12 heteroatoms. The highest BCUT2D eigenvalue weighted by atomic mass is 16.2.